The van der Waals surface area contributed by atoms with Crippen LogP contribution in [0.15, 0.2) is 18.3 Å². The number of aliphatic hydroxyl groups excluding tert-OH is 2. The van der Waals surface area contributed by atoms with Crippen LogP contribution in [0.3, 0.4) is 0 Å². The van der Waals surface area contributed by atoms with Gasteiger partial charge in [-0.05, 0) is 31.7 Å². The molecule has 94 valence electrons. The van der Waals surface area contributed by atoms with Crippen LogP contribution in [-0.2, 0) is 0 Å². The van der Waals surface area contributed by atoms with Crippen LogP contribution in [0.2, 0.25) is 0 Å². The topological polar surface area (TPSA) is 56.6 Å². The normalized spacial score (nSPS) is 22.5. The van der Waals surface area contributed by atoms with Gasteiger partial charge in [0, 0.05) is 31.5 Å². The Hall–Kier alpha value is -1.13. The molecule has 2 rings (SSSR count). The summed E-state index contributed by atoms with van der Waals surface area (Å²) in [4.78, 5) is 6.55. The van der Waals surface area contributed by atoms with E-state index in [0.717, 1.165) is 37.3 Å². The lowest BCUT2D eigenvalue weighted by molar-refractivity contribution is 0.196. The molecule has 1 fully saturated rings. The van der Waals surface area contributed by atoms with Crippen molar-refractivity contribution in [3.05, 3.63) is 23.9 Å². The maximum absolute atomic E-state index is 9.74. The summed E-state index contributed by atoms with van der Waals surface area (Å²) in [7, 11) is 0. The Kier molecular flexibility index (Phi) is 3.97. The van der Waals surface area contributed by atoms with E-state index in [1.165, 1.54) is 0 Å². The molecule has 2 heterocycles. The number of hydrogen-bond donors (Lipinski definition) is 2. The molecule has 4 heteroatoms. The number of aromatic nitrogens is 1. The monoisotopic (exact) mass is 236 g/mol. The molecule has 2 atom stereocenters. The molecule has 4 nitrogen and oxygen atoms in total. The fourth-order valence-corrected chi connectivity index (χ4v) is 2.41. The second kappa shape index (κ2) is 5.47. The number of nitrogens with zero attached hydrogens (tertiary/aromatic N) is 2. The standard InChI is InChI=1S/C13H20N2O2/c1-10(17)12-5-2-6-14-13(12)15-7-3-4-11(8-15)9-16/h2,5-6,10-11,16-17H,3-4,7-9H2,1H3/t10-,11?/m1/s1. The summed E-state index contributed by atoms with van der Waals surface area (Å²) in [5.74, 6) is 1.19. The Labute approximate surface area is 102 Å². The summed E-state index contributed by atoms with van der Waals surface area (Å²) in [6.07, 6.45) is 3.39. The van der Waals surface area contributed by atoms with Gasteiger partial charge in [-0.2, -0.15) is 0 Å². The fourth-order valence-electron chi connectivity index (χ4n) is 2.41. The molecule has 0 aliphatic carbocycles. The lowest BCUT2D eigenvalue weighted by Crippen LogP contribution is -2.38. The predicted molar refractivity (Wildman–Crippen MR) is 66.9 cm³/mol. The van der Waals surface area contributed by atoms with Gasteiger partial charge in [-0.25, -0.2) is 4.98 Å². The van der Waals surface area contributed by atoms with Crippen molar-refractivity contribution in [1.29, 1.82) is 0 Å². The van der Waals surface area contributed by atoms with Crippen LogP contribution in [0.5, 0.6) is 0 Å². The highest BCUT2D eigenvalue weighted by Crippen LogP contribution is 2.27. The van der Waals surface area contributed by atoms with Gasteiger partial charge >= 0.3 is 0 Å². The molecule has 1 aromatic heterocycles. The van der Waals surface area contributed by atoms with E-state index >= 15 is 0 Å². The summed E-state index contributed by atoms with van der Waals surface area (Å²) in [5, 5.41) is 19.0. The molecule has 1 aromatic rings. The number of aliphatic hydroxyl groups is 2. The molecule has 1 aliphatic rings. The molecule has 0 aromatic carbocycles. The van der Waals surface area contributed by atoms with E-state index in [9.17, 15) is 10.2 Å². The number of pyridine rings is 1. The number of hydrogen-bond acceptors (Lipinski definition) is 4. The number of anilines is 1. The third-order valence-corrected chi connectivity index (χ3v) is 3.34. The summed E-state index contributed by atoms with van der Waals surface area (Å²) in [6.45, 7) is 3.77. The summed E-state index contributed by atoms with van der Waals surface area (Å²) in [5.41, 5.74) is 0.867. The highest BCUT2D eigenvalue weighted by Gasteiger charge is 2.22. The van der Waals surface area contributed by atoms with Gasteiger partial charge in [0.15, 0.2) is 0 Å². The third kappa shape index (κ3) is 2.76. The molecule has 0 spiro atoms. The first-order valence-electron chi connectivity index (χ1n) is 6.21. The van der Waals surface area contributed by atoms with Crippen LogP contribution in [0.4, 0.5) is 5.82 Å². The second-order valence-electron chi connectivity index (χ2n) is 4.73. The van der Waals surface area contributed by atoms with E-state index in [-0.39, 0.29) is 6.61 Å². The smallest absolute Gasteiger partial charge is 0.134 e. The van der Waals surface area contributed by atoms with Crippen molar-refractivity contribution in [3.63, 3.8) is 0 Å². The molecule has 1 unspecified atom stereocenters. The lowest BCUT2D eigenvalue weighted by atomic mass is 9.98. The minimum Gasteiger partial charge on any atom is -0.396 e. The maximum atomic E-state index is 9.74. The van der Waals surface area contributed by atoms with Crippen molar-refractivity contribution in [2.24, 2.45) is 5.92 Å². The maximum Gasteiger partial charge on any atom is 0.134 e. The summed E-state index contributed by atoms with van der Waals surface area (Å²) < 4.78 is 0. The number of piperidine rings is 1. The zero-order chi connectivity index (χ0) is 12.3. The van der Waals surface area contributed by atoms with Crippen LogP contribution in [0.25, 0.3) is 0 Å². The third-order valence-electron chi connectivity index (χ3n) is 3.34. The average Bonchev–Trinajstić information content (AvgIpc) is 2.39. The largest absolute Gasteiger partial charge is 0.396 e. The van der Waals surface area contributed by atoms with E-state index in [4.69, 9.17) is 0 Å². The van der Waals surface area contributed by atoms with Gasteiger partial charge in [-0.1, -0.05) is 6.07 Å². The molecule has 0 radical (unpaired) electrons. The van der Waals surface area contributed by atoms with Gasteiger partial charge in [0.05, 0.1) is 6.10 Å². The zero-order valence-corrected chi connectivity index (χ0v) is 10.2. The quantitative estimate of drug-likeness (QED) is 0.831. The molecule has 17 heavy (non-hydrogen) atoms. The molecule has 1 saturated heterocycles. The van der Waals surface area contributed by atoms with E-state index in [1.807, 2.05) is 12.1 Å². The Morgan fingerprint density at radius 3 is 3.12 bits per heavy atom. The highest BCUT2D eigenvalue weighted by molar-refractivity contribution is 5.48. The Morgan fingerprint density at radius 1 is 1.59 bits per heavy atom. The van der Waals surface area contributed by atoms with Gasteiger partial charge in [-0.3, -0.25) is 0 Å². The fraction of sp³-hybridized carbons (Fsp3) is 0.615. The first kappa shape index (κ1) is 12.3. The molecular weight excluding hydrogens is 216 g/mol. The number of rotatable bonds is 3. The van der Waals surface area contributed by atoms with Gasteiger partial charge in [0.1, 0.15) is 5.82 Å². The van der Waals surface area contributed by atoms with Crippen LogP contribution in [-0.4, -0.2) is 34.9 Å². The van der Waals surface area contributed by atoms with Crippen molar-refractivity contribution in [2.45, 2.75) is 25.9 Å². The first-order valence-corrected chi connectivity index (χ1v) is 6.21. The van der Waals surface area contributed by atoms with Crippen LogP contribution < -0.4 is 4.90 Å². The minimum absolute atomic E-state index is 0.230. The van der Waals surface area contributed by atoms with Gasteiger partial charge in [-0.15, -0.1) is 0 Å². The highest BCUT2D eigenvalue weighted by atomic mass is 16.3. The summed E-state index contributed by atoms with van der Waals surface area (Å²) >= 11 is 0. The van der Waals surface area contributed by atoms with Gasteiger partial charge < -0.3 is 15.1 Å². The molecular formula is C13H20N2O2. The van der Waals surface area contributed by atoms with Crippen LogP contribution >= 0.6 is 0 Å². The van der Waals surface area contributed by atoms with Crippen LogP contribution in [0, 0.1) is 5.92 Å². The molecule has 0 saturated carbocycles. The minimum atomic E-state index is -0.506. The average molecular weight is 236 g/mol. The Balaban J connectivity index is 2.21. The molecule has 1 aliphatic heterocycles. The Morgan fingerprint density at radius 2 is 2.41 bits per heavy atom. The van der Waals surface area contributed by atoms with E-state index in [0.29, 0.717) is 5.92 Å². The summed E-state index contributed by atoms with van der Waals surface area (Å²) in [6, 6.07) is 3.76. The van der Waals surface area contributed by atoms with E-state index in [2.05, 4.69) is 9.88 Å². The zero-order valence-electron chi connectivity index (χ0n) is 10.2. The van der Waals surface area contributed by atoms with Gasteiger partial charge in [0.2, 0.25) is 0 Å². The van der Waals surface area contributed by atoms with Gasteiger partial charge in [0.25, 0.3) is 0 Å². The van der Waals surface area contributed by atoms with E-state index in [1.54, 1.807) is 13.1 Å². The van der Waals surface area contributed by atoms with Crippen molar-refractivity contribution >= 4 is 5.82 Å². The van der Waals surface area contributed by atoms with Crippen LogP contribution in [0.1, 0.15) is 31.4 Å². The molecule has 2 N–H and O–H groups in total. The molecule has 0 amide bonds. The van der Waals surface area contributed by atoms with Crippen molar-refractivity contribution in [3.8, 4) is 0 Å². The second-order valence-corrected chi connectivity index (χ2v) is 4.73. The van der Waals surface area contributed by atoms with Crippen molar-refractivity contribution in [2.75, 3.05) is 24.6 Å². The predicted octanol–water partition coefficient (Wildman–Crippen LogP) is 1.34. The molecule has 0 bridgehead atoms. The van der Waals surface area contributed by atoms with Crippen molar-refractivity contribution < 1.29 is 10.2 Å². The first-order chi connectivity index (χ1) is 8.22. The Bertz CT molecular complexity index is 368. The van der Waals surface area contributed by atoms with Crippen molar-refractivity contribution in [1.82, 2.24) is 4.98 Å². The lowest BCUT2D eigenvalue weighted by Gasteiger charge is -2.34. The SMILES string of the molecule is C[C@@H](O)c1cccnc1N1CCCC(CO)C1. The van der Waals surface area contributed by atoms with E-state index < -0.39 is 6.10 Å².